The summed E-state index contributed by atoms with van der Waals surface area (Å²) in [6.45, 7) is -0.478. The zero-order chi connectivity index (χ0) is 6.62. The van der Waals surface area contributed by atoms with Crippen LogP contribution in [0.25, 0.3) is 0 Å². The van der Waals surface area contributed by atoms with Crippen molar-refractivity contribution in [2.45, 2.75) is 0 Å². The molecule has 6 heteroatoms. The monoisotopic (exact) mass is 176 g/mol. The number of halogens is 2. The third kappa shape index (κ3) is 3.33. The van der Waals surface area contributed by atoms with Crippen LogP contribution in [0.5, 0.6) is 0 Å². The third-order valence-corrected chi connectivity index (χ3v) is 2.05. The van der Waals surface area contributed by atoms with E-state index in [-0.39, 0.29) is 0 Å². The topological polar surface area (TPSA) is 35.5 Å². The van der Waals surface area contributed by atoms with E-state index < -0.39 is 6.95 Å². The Morgan fingerprint density at radius 2 is 2.25 bits per heavy atom. The molecule has 0 aliphatic heterocycles. The summed E-state index contributed by atoms with van der Waals surface area (Å²) >= 11 is 9.53. The van der Waals surface area contributed by atoms with Crippen molar-refractivity contribution in [2.75, 3.05) is 0 Å². The van der Waals surface area contributed by atoms with Gasteiger partial charge in [-0.25, -0.2) is 4.57 Å². The van der Waals surface area contributed by atoms with Crippen LogP contribution in [-0.4, -0.2) is 0 Å². The minimum absolute atomic E-state index is 0.885. The molecule has 0 heterocycles. The van der Waals surface area contributed by atoms with Crippen LogP contribution >= 0.6 is 30.1 Å². The molecule has 3 nitrogen and oxygen atoms in total. The molecule has 8 heavy (non-hydrogen) atoms. The highest BCUT2D eigenvalue weighted by Crippen LogP contribution is 2.54. The van der Waals surface area contributed by atoms with Crippen LogP contribution in [-0.2, 0) is 13.2 Å². The second kappa shape index (κ2) is 3.36. The molecule has 0 bridgehead atoms. The molecule has 0 fully saturated rings. The van der Waals surface area contributed by atoms with Gasteiger partial charge in [-0.05, 0) is 0 Å². The van der Waals surface area contributed by atoms with Crippen LogP contribution < -0.4 is 0 Å². The van der Waals surface area contributed by atoms with Gasteiger partial charge in [-0.1, -0.05) is 6.58 Å². The van der Waals surface area contributed by atoms with Crippen molar-refractivity contribution in [2.24, 2.45) is 0 Å². The molecular formula is C2H3Cl2O3P. The van der Waals surface area contributed by atoms with E-state index in [0.717, 1.165) is 6.26 Å². The van der Waals surface area contributed by atoms with Crippen LogP contribution in [0.4, 0.5) is 0 Å². The highest BCUT2D eigenvalue weighted by Gasteiger charge is 2.18. The Hall–Kier alpha value is 0.310. The zero-order valence-corrected chi connectivity index (χ0v) is 6.12. The van der Waals surface area contributed by atoms with E-state index >= 15 is 0 Å². The summed E-state index contributed by atoms with van der Waals surface area (Å²) in [6, 6.07) is 0. The summed E-state index contributed by atoms with van der Waals surface area (Å²) < 4.78 is 18.1. The molecule has 0 spiro atoms. The molecule has 1 atom stereocenters. The fraction of sp³-hybridized carbons (Fsp3) is 0. The highest BCUT2D eigenvalue weighted by molar-refractivity contribution is 7.82. The molecule has 0 aromatic heterocycles. The predicted octanol–water partition coefficient (Wildman–Crippen LogP) is 2.66. The van der Waals surface area contributed by atoms with Gasteiger partial charge in [0.05, 0.1) is 18.1 Å². The maximum absolute atomic E-state index is 10.3. The van der Waals surface area contributed by atoms with Crippen molar-refractivity contribution < 1.29 is 13.2 Å². The minimum atomic E-state index is -3.55. The lowest BCUT2D eigenvalue weighted by Gasteiger charge is -2.00. The quantitative estimate of drug-likeness (QED) is 0.490. The van der Waals surface area contributed by atoms with E-state index in [2.05, 4.69) is 27.0 Å². The SMILES string of the molecule is C=COP(=O)(Cl)OCl. The van der Waals surface area contributed by atoms with Gasteiger partial charge >= 0.3 is 6.95 Å². The van der Waals surface area contributed by atoms with Crippen LogP contribution in [0.15, 0.2) is 12.8 Å². The van der Waals surface area contributed by atoms with Gasteiger partial charge < -0.3 is 4.52 Å². The van der Waals surface area contributed by atoms with Gasteiger partial charge in [0.25, 0.3) is 0 Å². The van der Waals surface area contributed by atoms with Gasteiger partial charge in [-0.2, -0.15) is 4.08 Å². The average Bonchev–Trinajstić information content (AvgIpc) is 1.67. The van der Waals surface area contributed by atoms with E-state index in [4.69, 9.17) is 11.2 Å². The zero-order valence-electron chi connectivity index (χ0n) is 3.71. The lowest BCUT2D eigenvalue weighted by Crippen LogP contribution is -1.70. The highest BCUT2D eigenvalue weighted by atomic mass is 35.7. The summed E-state index contributed by atoms with van der Waals surface area (Å²) in [5.41, 5.74) is 0. The second-order valence-electron chi connectivity index (χ2n) is 0.772. The fourth-order valence-corrected chi connectivity index (χ4v) is 0.583. The summed E-state index contributed by atoms with van der Waals surface area (Å²) in [5, 5.41) is 0. The Kier molecular flexibility index (Phi) is 3.49. The van der Waals surface area contributed by atoms with Gasteiger partial charge in [-0.15, -0.1) is 0 Å². The molecule has 0 aromatic carbocycles. The Morgan fingerprint density at radius 1 is 1.75 bits per heavy atom. The first-order valence-electron chi connectivity index (χ1n) is 1.52. The van der Waals surface area contributed by atoms with Gasteiger partial charge in [-0.3, -0.25) is 0 Å². The Bertz CT molecular complexity index is 124. The molecule has 0 aliphatic carbocycles. The van der Waals surface area contributed by atoms with E-state index in [9.17, 15) is 4.57 Å². The van der Waals surface area contributed by atoms with Gasteiger partial charge in [0.2, 0.25) is 0 Å². The molecular weight excluding hydrogens is 174 g/mol. The molecule has 0 rings (SSSR count). The van der Waals surface area contributed by atoms with Crippen molar-refractivity contribution in [1.82, 2.24) is 0 Å². The van der Waals surface area contributed by atoms with Gasteiger partial charge in [0.15, 0.2) is 0 Å². The van der Waals surface area contributed by atoms with Crippen LogP contribution in [0.1, 0.15) is 0 Å². The van der Waals surface area contributed by atoms with Gasteiger partial charge in [0.1, 0.15) is 0 Å². The lowest BCUT2D eigenvalue weighted by molar-refractivity contribution is 0.387. The molecule has 0 radical (unpaired) electrons. The molecule has 1 unspecified atom stereocenters. The molecule has 0 saturated heterocycles. The van der Waals surface area contributed by atoms with Crippen molar-refractivity contribution >= 4 is 30.1 Å². The third-order valence-electron chi connectivity index (χ3n) is 0.283. The lowest BCUT2D eigenvalue weighted by atomic mass is 11.2. The van der Waals surface area contributed by atoms with Crippen molar-refractivity contribution in [3.8, 4) is 0 Å². The standard InChI is InChI=1S/C2H3Cl2O3P/c1-2-6-8(4,5)7-3/h2H,1H2. The van der Waals surface area contributed by atoms with Gasteiger partial charge in [0, 0.05) is 11.2 Å². The Labute approximate surface area is 56.7 Å². The normalized spacial score (nSPS) is 16.8. The molecule has 0 N–H and O–H groups in total. The average molecular weight is 177 g/mol. The first-order valence-corrected chi connectivity index (χ1v) is 4.27. The van der Waals surface area contributed by atoms with Crippen molar-refractivity contribution in [3.63, 3.8) is 0 Å². The first-order chi connectivity index (χ1) is 3.62. The summed E-state index contributed by atoms with van der Waals surface area (Å²) in [5.74, 6) is 0. The minimum Gasteiger partial charge on any atom is -0.421 e. The number of hydrogen-bond acceptors (Lipinski definition) is 3. The molecule has 0 amide bonds. The second-order valence-corrected chi connectivity index (χ2v) is 3.64. The summed E-state index contributed by atoms with van der Waals surface area (Å²) in [6.07, 6.45) is 0.885. The van der Waals surface area contributed by atoms with Crippen molar-refractivity contribution in [1.29, 1.82) is 0 Å². The van der Waals surface area contributed by atoms with E-state index in [0.29, 0.717) is 0 Å². The number of rotatable bonds is 3. The van der Waals surface area contributed by atoms with E-state index in [1.54, 1.807) is 0 Å². The summed E-state index contributed by atoms with van der Waals surface area (Å²) in [7, 11) is 0. The fourth-order valence-electron chi connectivity index (χ4n) is 0.105. The van der Waals surface area contributed by atoms with E-state index in [1.807, 2.05) is 0 Å². The smallest absolute Gasteiger partial charge is 0.421 e. The molecule has 0 aromatic rings. The maximum Gasteiger partial charge on any atom is 0.492 e. The molecule has 0 aliphatic rings. The largest absolute Gasteiger partial charge is 0.492 e. The summed E-state index contributed by atoms with van der Waals surface area (Å²) in [4.78, 5) is 0. The maximum atomic E-state index is 10.3. The molecule has 0 saturated carbocycles. The van der Waals surface area contributed by atoms with Crippen LogP contribution in [0, 0.1) is 0 Å². The Balaban J connectivity index is 3.72. The van der Waals surface area contributed by atoms with Crippen molar-refractivity contribution in [3.05, 3.63) is 12.8 Å². The Morgan fingerprint density at radius 3 is 2.38 bits per heavy atom. The molecule has 48 valence electrons. The van der Waals surface area contributed by atoms with E-state index in [1.165, 1.54) is 0 Å². The number of hydrogen-bond donors (Lipinski definition) is 0. The first kappa shape index (κ1) is 8.31. The van der Waals surface area contributed by atoms with Crippen LogP contribution in [0.2, 0.25) is 0 Å². The van der Waals surface area contributed by atoms with Crippen LogP contribution in [0.3, 0.4) is 0 Å². The predicted molar refractivity (Wildman–Crippen MR) is 31.7 cm³/mol.